The largest absolute Gasteiger partial charge is 0.333 e. The van der Waals surface area contributed by atoms with Crippen LogP contribution in [0.5, 0.6) is 0 Å². The van der Waals surface area contributed by atoms with Crippen molar-refractivity contribution in [1.29, 1.82) is 0 Å². The number of Topliss-reactive ketones (excluding diaryl/α,β-unsaturated/α-hetero) is 1. The van der Waals surface area contributed by atoms with Gasteiger partial charge in [0.1, 0.15) is 10.8 Å². The molecule has 2 N–H and O–H groups in total. The number of nitrogens with zero attached hydrogens (tertiary/aromatic N) is 1. The van der Waals surface area contributed by atoms with Crippen LogP contribution in [0.1, 0.15) is 13.3 Å². The predicted octanol–water partition coefficient (Wildman–Crippen LogP) is 4.55. The van der Waals surface area contributed by atoms with E-state index in [-0.39, 0.29) is 5.78 Å². The Morgan fingerprint density at radius 2 is 1.71 bits per heavy atom. The van der Waals surface area contributed by atoms with Gasteiger partial charge in [0.05, 0.1) is 5.52 Å². The zero-order chi connectivity index (χ0) is 17.4. The topological polar surface area (TPSA) is 56.0 Å². The van der Waals surface area contributed by atoms with Gasteiger partial charge >= 0.3 is 0 Å². The fourth-order valence-corrected chi connectivity index (χ4v) is 3.40. The Bertz CT molecular complexity index is 803. The summed E-state index contributed by atoms with van der Waals surface area (Å²) in [6.45, 7) is 1.63. The number of ketones is 1. The van der Waals surface area contributed by atoms with E-state index in [0.29, 0.717) is 6.42 Å². The van der Waals surface area contributed by atoms with Gasteiger partial charge in [-0.3, -0.25) is 4.79 Å². The molecule has 4 heteroatoms. The lowest BCUT2D eigenvalue weighted by Crippen LogP contribution is -1.94. The van der Waals surface area contributed by atoms with Gasteiger partial charge in [-0.2, -0.15) is 0 Å². The Hall–Kier alpha value is -2.17. The number of pyridine rings is 1. The second-order valence-corrected chi connectivity index (χ2v) is 6.28. The van der Waals surface area contributed by atoms with Crippen LogP contribution in [0, 0.1) is 0 Å². The molecule has 3 rings (SSSR count). The number of thioether (sulfide) groups is 1. The van der Waals surface area contributed by atoms with Crippen molar-refractivity contribution in [3.05, 3.63) is 60.7 Å². The predicted molar refractivity (Wildman–Crippen MR) is 103 cm³/mol. The monoisotopic (exact) mass is 338 g/mol. The normalized spacial score (nSPS) is 10.1. The van der Waals surface area contributed by atoms with E-state index < -0.39 is 0 Å². The number of para-hydroxylation sites is 1. The average molecular weight is 338 g/mol. The lowest BCUT2D eigenvalue weighted by Gasteiger charge is -2.10. The molecule has 0 fully saturated rings. The van der Waals surface area contributed by atoms with E-state index in [0.717, 1.165) is 32.8 Å². The third kappa shape index (κ3) is 4.66. The highest BCUT2D eigenvalue weighted by molar-refractivity contribution is 7.99. The van der Waals surface area contributed by atoms with Crippen LogP contribution in [-0.2, 0) is 4.79 Å². The molecular formula is C20H22N2OS. The fourth-order valence-electron chi connectivity index (χ4n) is 2.32. The summed E-state index contributed by atoms with van der Waals surface area (Å²) >= 11 is 1.65. The zero-order valence-electron chi connectivity index (χ0n) is 14.0. The summed E-state index contributed by atoms with van der Waals surface area (Å²) in [5.41, 5.74) is 7.78. The number of carbonyl (C=O) groups is 1. The van der Waals surface area contributed by atoms with Crippen LogP contribution in [0.15, 0.2) is 65.7 Å². The van der Waals surface area contributed by atoms with Gasteiger partial charge < -0.3 is 5.73 Å². The molecule has 2 aromatic carbocycles. The van der Waals surface area contributed by atoms with Crippen LogP contribution in [-0.4, -0.2) is 23.6 Å². The van der Waals surface area contributed by atoms with Crippen LogP contribution in [0.25, 0.3) is 22.0 Å². The van der Waals surface area contributed by atoms with Crippen molar-refractivity contribution in [3.63, 3.8) is 0 Å². The molecule has 0 aliphatic carbocycles. The van der Waals surface area contributed by atoms with Crippen LogP contribution in [0.4, 0.5) is 0 Å². The average Bonchev–Trinajstić information content (AvgIpc) is 2.63. The second kappa shape index (κ2) is 9.21. The van der Waals surface area contributed by atoms with Crippen molar-refractivity contribution < 1.29 is 4.79 Å². The highest BCUT2D eigenvalue weighted by Gasteiger charge is 2.10. The summed E-state index contributed by atoms with van der Waals surface area (Å²) in [7, 11) is 1.50. The Morgan fingerprint density at radius 1 is 1.04 bits per heavy atom. The van der Waals surface area contributed by atoms with E-state index in [2.05, 4.69) is 30.0 Å². The third-order valence-electron chi connectivity index (χ3n) is 3.47. The van der Waals surface area contributed by atoms with Crippen molar-refractivity contribution in [2.75, 3.05) is 12.8 Å². The number of aromatic nitrogens is 1. The van der Waals surface area contributed by atoms with Crippen LogP contribution in [0.2, 0.25) is 0 Å². The Labute approximate surface area is 147 Å². The number of hydrogen-bond acceptors (Lipinski definition) is 4. The number of fused-ring (bicyclic) bond motifs is 1. The maximum absolute atomic E-state index is 11.2. The second-order valence-electron chi connectivity index (χ2n) is 5.20. The molecule has 0 saturated heterocycles. The molecule has 3 aromatic rings. The molecule has 1 heterocycles. The number of nitrogens with two attached hydrogens (primary N) is 1. The minimum Gasteiger partial charge on any atom is -0.333 e. The molecule has 0 amide bonds. The number of benzene rings is 2. The number of rotatable bonds is 5. The minimum atomic E-state index is 0.217. The molecule has 3 nitrogen and oxygen atoms in total. The summed E-state index contributed by atoms with van der Waals surface area (Å²) in [5, 5.41) is 2.13. The molecule has 0 atom stereocenters. The van der Waals surface area contributed by atoms with Crippen molar-refractivity contribution in [2.45, 2.75) is 18.4 Å². The Morgan fingerprint density at radius 3 is 2.42 bits per heavy atom. The summed E-state index contributed by atoms with van der Waals surface area (Å²) in [6.07, 6.45) is 0.577. The molecule has 0 unspecified atom stereocenters. The highest BCUT2D eigenvalue weighted by Crippen LogP contribution is 2.33. The van der Waals surface area contributed by atoms with Gasteiger partial charge in [0.25, 0.3) is 0 Å². The molecular weight excluding hydrogens is 316 g/mol. The standard InChI is InChI=1S/C19H17NOS.CH5N/c1-14(21)11-12-22-19-17(15-7-3-2-4-8-15)13-16-9-5-6-10-18(16)20-19;1-2/h2-10,13H,11-12H2,1H3;2H2,1H3. The van der Waals surface area contributed by atoms with Crippen LogP contribution < -0.4 is 5.73 Å². The first-order valence-electron chi connectivity index (χ1n) is 7.89. The summed E-state index contributed by atoms with van der Waals surface area (Å²) < 4.78 is 0. The lowest BCUT2D eigenvalue weighted by atomic mass is 10.1. The fraction of sp³-hybridized carbons (Fsp3) is 0.200. The van der Waals surface area contributed by atoms with Crippen LogP contribution in [0.3, 0.4) is 0 Å². The molecule has 0 aliphatic heterocycles. The van der Waals surface area contributed by atoms with Gasteiger partial charge in [0, 0.05) is 23.1 Å². The number of carbonyl (C=O) groups excluding carboxylic acids is 1. The summed E-state index contributed by atoms with van der Waals surface area (Å²) in [4.78, 5) is 16.0. The van der Waals surface area contributed by atoms with Crippen molar-refractivity contribution in [3.8, 4) is 11.1 Å². The van der Waals surface area contributed by atoms with Gasteiger partial charge in [0.2, 0.25) is 0 Å². The molecule has 1 aromatic heterocycles. The van der Waals surface area contributed by atoms with Crippen molar-refractivity contribution >= 4 is 28.4 Å². The maximum Gasteiger partial charge on any atom is 0.130 e. The maximum atomic E-state index is 11.2. The SMILES string of the molecule is CC(=O)CCSc1nc2ccccc2cc1-c1ccccc1.CN. The molecule has 124 valence electrons. The molecule has 0 saturated carbocycles. The van der Waals surface area contributed by atoms with E-state index in [1.165, 1.54) is 7.05 Å². The Kier molecular flexibility index (Phi) is 6.97. The summed E-state index contributed by atoms with van der Waals surface area (Å²) in [5.74, 6) is 0.982. The van der Waals surface area contributed by atoms with E-state index in [4.69, 9.17) is 4.98 Å². The Balaban J connectivity index is 0.00000100. The molecule has 0 bridgehead atoms. The molecule has 0 radical (unpaired) electrons. The third-order valence-corrected chi connectivity index (χ3v) is 4.46. The van der Waals surface area contributed by atoms with Gasteiger partial charge in [-0.05, 0) is 31.7 Å². The lowest BCUT2D eigenvalue weighted by molar-refractivity contribution is -0.116. The quantitative estimate of drug-likeness (QED) is 0.694. The zero-order valence-corrected chi connectivity index (χ0v) is 14.8. The van der Waals surface area contributed by atoms with E-state index in [1.54, 1.807) is 18.7 Å². The van der Waals surface area contributed by atoms with E-state index in [1.807, 2.05) is 36.4 Å². The van der Waals surface area contributed by atoms with Crippen molar-refractivity contribution in [2.24, 2.45) is 5.73 Å². The highest BCUT2D eigenvalue weighted by atomic mass is 32.2. The minimum absolute atomic E-state index is 0.217. The van der Waals surface area contributed by atoms with Crippen molar-refractivity contribution in [1.82, 2.24) is 4.98 Å². The van der Waals surface area contributed by atoms with Gasteiger partial charge in [0.15, 0.2) is 0 Å². The molecule has 0 spiro atoms. The van der Waals surface area contributed by atoms with Gasteiger partial charge in [-0.1, -0.05) is 48.5 Å². The smallest absolute Gasteiger partial charge is 0.130 e. The molecule has 0 aliphatic rings. The first-order chi connectivity index (χ1) is 11.7. The number of hydrogen-bond donors (Lipinski definition) is 1. The van der Waals surface area contributed by atoms with Crippen LogP contribution >= 0.6 is 11.8 Å². The summed E-state index contributed by atoms with van der Waals surface area (Å²) in [6, 6.07) is 20.6. The first kappa shape index (κ1) is 18.2. The van der Waals surface area contributed by atoms with Gasteiger partial charge in [-0.15, -0.1) is 11.8 Å². The van der Waals surface area contributed by atoms with Gasteiger partial charge in [-0.25, -0.2) is 4.98 Å². The van der Waals surface area contributed by atoms with E-state index >= 15 is 0 Å². The first-order valence-corrected chi connectivity index (χ1v) is 8.88. The molecule has 24 heavy (non-hydrogen) atoms. The van der Waals surface area contributed by atoms with E-state index in [9.17, 15) is 4.79 Å².